The molecule has 214 valence electrons. The van der Waals surface area contributed by atoms with E-state index < -0.39 is 57.2 Å². The molecule has 0 spiro atoms. The summed E-state index contributed by atoms with van der Waals surface area (Å²) in [7, 11) is -7.52. The highest BCUT2D eigenvalue weighted by molar-refractivity contribution is 7.87. The van der Waals surface area contributed by atoms with E-state index in [0.717, 1.165) is 11.1 Å². The zero-order chi connectivity index (χ0) is 28.5. The second-order valence-electron chi connectivity index (χ2n) is 9.61. The Kier molecular flexibility index (Phi) is 8.41. The zero-order valence-corrected chi connectivity index (χ0v) is 23.7. The van der Waals surface area contributed by atoms with E-state index in [-0.39, 0.29) is 16.4 Å². The van der Waals surface area contributed by atoms with Crippen LogP contribution in [-0.2, 0) is 47.5 Å². The molecule has 0 aromatic heterocycles. The Morgan fingerprint density at radius 2 is 1.23 bits per heavy atom. The van der Waals surface area contributed by atoms with E-state index in [4.69, 9.17) is 27.3 Å². The molecule has 5 rings (SSSR count). The molecule has 2 aliphatic heterocycles. The molecular formula is C28H30O10S2. The molecule has 10 nitrogen and oxygen atoms in total. The number of hydrogen-bond donors (Lipinski definition) is 0. The molecule has 2 fully saturated rings. The van der Waals surface area contributed by atoms with Crippen LogP contribution >= 0.6 is 0 Å². The average Bonchev–Trinajstić information content (AvgIpc) is 2.94. The first-order chi connectivity index (χ1) is 19.1. The van der Waals surface area contributed by atoms with Gasteiger partial charge in [-0.05, 0) is 38.1 Å². The van der Waals surface area contributed by atoms with Gasteiger partial charge in [0.25, 0.3) is 20.2 Å². The van der Waals surface area contributed by atoms with Gasteiger partial charge in [0.05, 0.1) is 16.4 Å². The van der Waals surface area contributed by atoms with E-state index in [9.17, 15) is 16.8 Å². The molecule has 2 heterocycles. The van der Waals surface area contributed by atoms with Crippen LogP contribution in [0.1, 0.15) is 23.0 Å². The van der Waals surface area contributed by atoms with Gasteiger partial charge in [0.1, 0.15) is 18.3 Å². The molecule has 0 radical (unpaired) electrons. The van der Waals surface area contributed by atoms with E-state index >= 15 is 0 Å². The maximum atomic E-state index is 13.5. The van der Waals surface area contributed by atoms with Crippen LogP contribution in [0.15, 0.2) is 88.7 Å². The third kappa shape index (κ3) is 6.14. The maximum absolute atomic E-state index is 13.5. The van der Waals surface area contributed by atoms with Crippen LogP contribution in [0.5, 0.6) is 0 Å². The first-order valence-corrected chi connectivity index (χ1v) is 15.4. The van der Waals surface area contributed by atoms with Crippen molar-refractivity contribution in [3.63, 3.8) is 0 Å². The monoisotopic (exact) mass is 590 g/mol. The van der Waals surface area contributed by atoms with Crippen molar-refractivity contribution in [2.24, 2.45) is 0 Å². The number of fused-ring (bicyclic) bond motifs is 1. The van der Waals surface area contributed by atoms with Gasteiger partial charge < -0.3 is 18.9 Å². The van der Waals surface area contributed by atoms with Crippen molar-refractivity contribution >= 4 is 20.2 Å². The summed E-state index contributed by atoms with van der Waals surface area (Å²) in [6.45, 7) is 3.65. The lowest BCUT2D eigenvalue weighted by Crippen LogP contribution is -2.64. The molecular weight excluding hydrogens is 560 g/mol. The fourth-order valence-electron chi connectivity index (χ4n) is 4.54. The SMILES string of the molecule is CO[C@H]1O[C@H]2CO[C@@H](c3ccccc3)O[C@H]2[C@H](OS(=O)(=O)c2ccc(C)cc2)[C@H]1OS(=O)(=O)c1ccc(C)cc1. The Morgan fingerprint density at radius 3 is 1.75 bits per heavy atom. The molecule has 6 atom stereocenters. The normalized spacial score (nSPS) is 27.2. The van der Waals surface area contributed by atoms with Crippen molar-refractivity contribution in [2.45, 2.75) is 60.6 Å². The minimum absolute atomic E-state index is 0.00591. The average molecular weight is 591 g/mol. The molecule has 2 aliphatic rings. The highest BCUT2D eigenvalue weighted by Gasteiger charge is 2.54. The molecule has 0 aliphatic carbocycles. The van der Waals surface area contributed by atoms with Crippen molar-refractivity contribution in [1.29, 1.82) is 0 Å². The van der Waals surface area contributed by atoms with E-state index in [1.165, 1.54) is 31.4 Å². The largest absolute Gasteiger partial charge is 0.353 e. The smallest absolute Gasteiger partial charge is 0.297 e. The summed E-state index contributed by atoms with van der Waals surface area (Å²) < 4.78 is 88.4. The number of aryl methyl sites for hydroxylation is 2. The molecule has 0 saturated carbocycles. The van der Waals surface area contributed by atoms with E-state index in [1.54, 1.807) is 36.4 Å². The Bertz CT molecular complexity index is 1510. The minimum atomic E-state index is -4.41. The van der Waals surface area contributed by atoms with Crippen molar-refractivity contribution in [3.8, 4) is 0 Å². The van der Waals surface area contributed by atoms with Gasteiger partial charge >= 0.3 is 0 Å². The van der Waals surface area contributed by atoms with Crippen molar-refractivity contribution in [3.05, 3.63) is 95.6 Å². The molecule has 0 unspecified atom stereocenters. The standard InChI is InChI=1S/C28H30O10S2/c1-18-9-13-21(14-10-18)39(29,30)37-25-24-23(17-34-27(36-24)20-7-5-4-6-8-20)35-28(33-3)26(25)38-40(31,32)22-15-11-19(2)12-16-22/h4-16,23-28H,17H2,1-3H3/t23-,24+,25-,26+,27+,28-/m0/s1. The van der Waals surface area contributed by atoms with Crippen molar-refractivity contribution in [1.82, 2.24) is 0 Å². The van der Waals surface area contributed by atoms with Crippen LogP contribution in [0.3, 0.4) is 0 Å². The zero-order valence-electron chi connectivity index (χ0n) is 22.1. The van der Waals surface area contributed by atoms with Gasteiger partial charge in [-0.25, -0.2) is 0 Å². The molecule has 12 heteroatoms. The minimum Gasteiger partial charge on any atom is -0.353 e. The van der Waals surface area contributed by atoms with Crippen LogP contribution in [0.4, 0.5) is 0 Å². The van der Waals surface area contributed by atoms with E-state index in [0.29, 0.717) is 5.56 Å². The van der Waals surface area contributed by atoms with Crippen LogP contribution in [0, 0.1) is 13.8 Å². The van der Waals surface area contributed by atoms with Crippen LogP contribution in [0.2, 0.25) is 0 Å². The molecule has 0 amide bonds. The van der Waals surface area contributed by atoms with Gasteiger partial charge in [-0.1, -0.05) is 65.7 Å². The number of rotatable bonds is 8. The fourth-order valence-corrected chi connectivity index (χ4v) is 6.71. The summed E-state index contributed by atoms with van der Waals surface area (Å²) in [5.41, 5.74) is 2.39. The predicted octanol–water partition coefficient (Wildman–Crippen LogP) is 3.64. The summed E-state index contributed by atoms with van der Waals surface area (Å²) in [6.07, 6.45) is -7.17. The van der Waals surface area contributed by atoms with E-state index in [1.807, 2.05) is 32.0 Å². The quantitative estimate of drug-likeness (QED) is 0.359. The fraction of sp³-hybridized carbons (Fsp3) is 0.357. The summed E-state index contributed by atoms with van der Waals surface area (Å²) in [6, 6.07) is 21.2. The summed E-state index contributed by atoms with van der Waals surface area (Å²) in [5, 5.41) is 0. The van der Waals surface area contributed by atoms with E-state index in [2.05, 4.69) is 0 Å². The van der Waals surface area contributed by atoms with Gasteiger partial charge in [-0.15, -0.1) is 0 Å². The highest BCUT2D eigenvalue weighted by Crippen LogP contribution is 2.38. The topological polar surface area (TPSA) is 124 Å². The summed E-state index contributed by atoms with van der Waals surface area (Å²) >= 11 is 0. The van der Waals surface area contributed by atoms with Crippen molar-refractivity contribution in [2.75, 3.05) is 13.7 Å². The molecule has 3 aromatic carbocycles. The lowest BCUT2D eigenvalue weighted by atomic mass is 9.98. The lowest BCUT2D eigenvalue weighted by molar-refractivity contribution is -0.351. The molecule has 0 bridgehead atoms. The number of methoxy groups -OCH3 is 1. The third-order valence-electron chi connectivity index (χ3n) is 6.68. The molecule has 40 heavy (non-hydrogen) atoms. The van der Waals surface area contributed by atoms with Gasteiger partial charge in [-0.3, -0.25) is 8.37 Å². The second kappa shape index (κ2) is 11.7. The molecule has 2 saturated heterocycles. The maximum Gasteiger partial charge on any atom is 0.297 e. The van der Waals surface area contributed by atoms with Crippen LogP contribution in [-0.4, -0.2) is 61.3 Å². The first kappa shape index (κ1) is 28.8. The van der Waals surface area contributed by atoms with Gasteiger partial charge in [0.15, 0.2) is 18.7 Å². The van der Waals surface area contributed by atoms with Crippen LogP contribution in [0.25, 0.3) is 0 Å². The predicted molar refractivity (Wildman–Crippen MR) is 142 cm³/mol. The van der Waals surface area contributed by atoms with Crippen molar-refractivity contribution < 1.29 is 44.1 Å². The van der Waals surface area contributed by atoms with Gasteiger partial charge in [-0.2, -0.15) is 16.8 Å². The van der Waals surface area contributed by atoms with Gasteiger partial charge in [0, 0.05) is 12.7 Å². The Morgan fingerprint density at radius 1 is 0.700 bits per heavy atom. The number of ether oxygens (including phenoxy) is 4. The third-order valence-corrected chi connectivity index (χ3v) is 9.33. The number of hydrogen-bond acceptors (Lipinski definition) is 10. The summed E-state index contributed by atoms with van der Waals surface area (Å²) in [4.78, 5) is -0.229. The first-order valence-electron chi connectivity index (χ1n) is 12.6. The van der Waals surface area contributed by atoms with Crippen LogP contribution < -0.4 is 0 Å². The Hall–Kier alpha value is -2.68. The Balaban J connectivity index is 1.53. The molecule has 0 N–H and O–H groups in total. The highest BCUT2D eigenvalue weighted by atomic mass is 32.2. The summed E-state index contributed by atoms with van der Waals surface area (Å²) in [5.74, 6) is 0. The lowest BCUT2D eigenvalue weighted by Gasteiger charge is -2.47. The molecule has 3 aromatic rings. The number of benzene rings is 3. The van der Waals surface area contributed by atoms with Gasteiger partial charge in [0.2, 0.25) is 0 Å². The Labute approximate surface area is 234 Å². The second-order valence-corrected chi connectivity index (χ2v) is 12.8.